The Balaban J connectivity index is 1.90. The number of phosphoric ester groups is 1. The van der Waals surface area contributed by atoms with E-state index in [4.69, 9.17) is 33.3 Å². The molecular formula is C32H45ClN7O9P. The van der Waals surface area contributed by atoms with E-state index in [0.29, 0.717) is 19.3 Å². The van der Waals surface area contributed by atoms with Gasteiger partial charge in [-0.1, -0.05) is 42.5 Å². The van der Waals surface area contributed by atoms with E-state index >= 15 is 0 Å². The lowest BCUT2D eigenvalue weighted by atomic mass is 9.90. The second kappa shape index (κ2) is 18.8. The van der Waals surface area contributed by atoms with Gasteiger partial charge < -0.3 is 42.5 Å². The van der Waals surface area contributed by atoms with Gasteiger partial charge in [0, 0.05) is 25.4 Å². The number of phosphoric acid groups is 1. The van der Waals surface area contributed by atoms with Crippen LogP contribution < -0.4 is 27.8 Å². The molecule has 1 saturated heterocycles. The molecule has 2 aromatic carbocycles. The Kier molecular flexibility index (Phi) is 15.2. The molecule has 16 nitrogen and oxygen atoms in total. The lowest BCUT2D eigenvalue weighted by molar-refractivity contribution is -0.147. The van der Waals surface area contributed by atoms with Crippen molar-refractivity contribution in [2.24, 2.45) is 28.1 Å². The molecule has 4 amide bonds. The maximum atomic E-state index is 14.0. The van der Waals surface area contributed by atoms with E-state index in [1.165, 1.54) is 11.8 Å². The van der Waals surface area contributed by atoms with E-state index < -0.39 is 73.3 Å². The molecule has 0 aromatic heterocycles. The lowest BCUT2D eigenvalue weighted by Crippen LogP contribution is -2.61. The number of piperidine rings is 1. The van der Waals surface area contributed by atoms with Crippen LogP contribution in [0.2, 0.25) is 0 Å². The zero-order valence-corrected chi connectivity index (χ0v) is 29.4. The molecule has 10 N–H and O–H groups in total. The van der Waals surface area contributed by atoms with Crippen molar-refractivity contribution in [3.8, 4) is 0 Å². The Labute approximate surface area is 294 Å². The molecule has 0 spiro atoms. The number of alkyl halides is 1. The fourth-order valence-electron chi connectivity index (χ4n) is 5.91. The minimum atomic E-state index is -5.08. The summed E-state index contributed by atoms with van der Waals surface area (Å²) in [5, 5.41) is 7.02. The molecule has 50 heavy (non-hydrogen) atoms. The molecule has 1 unspecified atom stereocenters. The number of amides is 4. The summed E-state index contributed by atoms with van der Waals surface area (Å²) in [6, 6.07) is 9.42. The van der Waals surface area contributed by atoms with Crippen molar-refractivity contribution >= 4 is 65.6 Å². The first-order chi connectivity index (χ1) is 23.6. The number of carbonyl (C=O) groups is 5. The second-order valence-electron chi connectivity index (χ2n) is 12.2. The van der Waals surface area contributed by atoms with Gasteiger partial charge in [0.25, 0.3) is 0 Å². The maximum Gasteiger partial charge on any atom is 0.469 e. The molecule has 5 atom stereocenters. The first-order valence-electron chi connectivity index (χ1n) is 16.1. The van der Waals surface area contributed by atoms with Crippen molar-refractivity contribution in [3.05, 3.63) is 48.0 Å². The van der Waals surface area contributed by atoms with Gasteiger partial charge in [-0.3, -0.25) is 33.5 Å². The number of hydrogen-bond acceptors (Lipinski definition) is 8. The Morgan fingerprint density at radius 1 is 1.06 bits per heavy atom. The van der Waals surface area contributed by atoms with Gasteiger partial charge in [0.05, 0.1) is 12.1 Å². The summed E-state index contributed by atoms with van der Waals surface area (Å²) in [5.41, 5.74) is 17.1. The van der Waals surface area contributed by atoms with Crippen LogP contribution in [0.15, 0.2) is 47.5 Å². The van der Waals surface area contributed by atoms with Crippen LogP contribution in [0.4, 0.5) is 0 Å². The van der Waals surface area contributed by atoms with Gasteiger partial charge >= 0.3 is 7.82 Å². The topological polar surface area (TPSA) is 270 Å². The fraction of sp³-hybridized carbons (Fsp3) is 0.500. The van der Waals surface area contributed by atoms with Crippen LogP contribution in [0.25, 0.3) is 10.8 Å². The molecule has 1 fully saturated rings. The molecule has 1 aliphatic heterocycles. The summed E-state index contributed by atoms with van der Waals surface area (Å²) in [4.78, 5) is 90.0. The first kappa shape index (κ1) is 40.4. The van der Waals surface area contributed by atoms with E-state index in [1.807, 2.05) is 42.5 Å². The number of halogens is 1. The van der Waals surface area contributed by atoms with Crippen LogP contribution in [-0.4, -0.2) is 93.3 Å². The van der Waals surface area contributed by atoms with Gasteiger partial charge in [-0.2, -0.15) is 0 Å². The van der Waals surface area contributed by atoms with Gasteiger partial charge in [-0.15, -0.1) is 11.6 Å². The molecule has 1 heterocycles. The Hall–Kier alpha value is -4.08. The van der Waals surface area contributed by atoms with E-state index in [0.717, 1.165) is 16.3 Å². The van der Waals surface area contributed by atoms with Gasteiger partial charge in [0.2, 0.25) is 23.6 Å². The number of aliphatic imine (C=N–C) groups is 1. The average Bonchev–Trinajstić information content (AvgIpc) is 3.06. The number of hydrogen-bond donors (Lipinski definition) is 7. The SMILES string of the molecule is CC(OP(=O)(O)O)[C@H](NC(=O)CCl)C(=O)N1CCCC[C@H]1C(=O)N[C@@H](Cc1ccc2ccccc2c1)C(=O)C[C@@H](CCCN=C(N)N)C(N)=O. The van der Waals surface area contributed by atoms with Crippen LogP contribution in [-0.2, 0) is 39.5 Å². The first-order valence-corrected chi connectivity index (χ1v) is 18.2. The third kappa shape index (κ3) is 12.4. The number of benzene rings is 2. The summed E-state index contributed by atoms with van der Waals surface area (Å²) in [5.74, 6) is -4.95. The number of fused-ring (bicyclic) bond motifs is 1. The number of carbonyl (C=O) groups excluding carboxylic acids is 5. The van der Waals surface area contributed by atoms with Crippen molar-refractivity contribution in [2.45, 2.75) is 76.1 Å². The van der Waals surface area contributed by atoms with Crippen LogP contribution in [0.1, 0.15) is 51.0 Å². The zero-order chi connectivity index (χ0) is 37.0. The minimum Gasteiger partial charge on any atom is -0.370 e. The van der Waals surface area contributed by atoms with Gasteiger partial charge in [-0.25, -0.2) is 4.57 Å². The maximum absolute atomic E-state index is 14.0. The van der Waals surface area contributed by atoms with Crippen molar-refractivity contribution < 1.29 is 42.8 Å². The minimum absolute atomic E-state index is 0.0666. The Morgan fingerprint density at radius 2 is 1.76 bits per heavy atom. The van der Waals surface area contributed by atoms with Crippen molar-refractivity contribution in [3.63, 3.8) is 0 Å². The molecule has 2 aromatic rings. The van der Waals surface area contributed by atoms with Crippen LogP contribution >= 0.6 is 19.4 Å². The number of primary amides is 1. The number of rotatable bonds is 18. The van der Waals surface area contributed by atoms with E-state index in [9.17, 15) is 38.3 Å². The zero-order valence-electron chi connectivity index (χ0n) is 27.7. The van der Waals surface area contributed by atoms with Crippen LogP contribution in [0.3, 0.4) is 0 Å². The third-order valence-electron chi connectivity index (χ3n) is 8.38. The number of Topliss-reactive ketones (excluding diaryl/α,β-unsaturated/α-hetero) is 1. The summed E-state index contributed by atoms with van der Waals surface area (Å²) in [6.07, 6.45) is 0.157. The smallest absolute Gasteiger partial charge is 0.370 e. The highest BCUT2D eigenvalue weighted by molar-refractivity contribution is 7.46. The highest BCUT2D eigenvalue weighted by Gasteiger charge is 2.41. The third-order valence-corrected chi connectivity index (χ3v) is 9.23. The van der Waals surface area contributed by atoms with E-state index in [-0.39, 0.29) is 44.7 Å². The largest absolute Gasteiger partial charge is 0.469 e. The quantitative estimate of drug-likeness (QED) is 0.0366. The average molecular weight is 738 g/mol. The second-order valence-corrected chi connectivity index (χ2v) is 13.6. The van der Waals surface area contributed by atoms with Crippen molar-refractivity contribution in [2.75, 3.05) is 19.0 Å². The van der Waals surface area contributed by atoms with Crippen LogP contribution in [0, 0.1) is 5.92 Å². The summed E-state index contributed by atoms with van der Waals surface area (Å²) >= 11 is 5.62. The van der Waals surface area contributed by atoms with E-state index in [2.05, 4.69) is 15.6 Å². The predicted octanol–water partition coefficient (Wildman–Crippen LogP) is 0.584. The predicted molar refractivity (Wildman–Crippen MR) is 186 cm³/mol. The number of nitrogens with one attached hydrogen (secondary N) is 2. The number of ketones is 1. The molecule has 0 radical (unpaired) electrons. The number of likely N-dealkylation sites (tertiary alicyclic amines) is 1. The molecule has 0 saturated carbocycles. The summed E-state index contributed by atoms with van der Waals surface area (Å²) < 4.78 is 16.3. The van der Waals surface area contributed by atoms with Crippen molar-refractivity contribution in [1.82, 2.24) is 15.5 Å². The fourth-order valence-corrected chi connectivity index (χ4v) is 6.54. The molecule has 0 aliphatic carbocycles. The normalized spacial score (nSPS) is 17.2. The highest BCUT2D eigenvalue weighted by Crippen LogP contribution is 2.38. The molecule has 0 bridgehead atoms. The van der Waals surface area contributed by atoms with Crippen LogP contribution in [0.5, 0.6) is 0 Å². The van der Waals surface area contributed by atoms with Gasteiger partial charge in [0.1, 0.15) is 18.0 Å². The van der Waals surface area contributed by atoms with Gasteiger partial charge in [0.15, 0.2) is 11.7 Å². The number of nitrogens with zero attached hydrogens (tertiary/aromatic N) is 2. The lowest BCUT2D eigenvalue weighted by Gasteiger charge is -2.38. The summed E-state index contributed by atoms with van der Waals surface area (Å²) in [7, 11) is -5.08. The molecular weight excluding hydrogens is 693 g/mol. The number of nitrogens with two attached hydrogens (primary N) is 3. The highest BCUT2D eigenvalue weighted by atomic mass is 35.5. The standard InChI is InChI=1S/C32H45ClN7O9P/c1-19(49-50(46,47)48)28(39-27(42)18-33)31(45)40-14-5-4-10-25(40)30(44)38-24(16-20-11-12-21-7-2-3-8-22(21)15-20)26(41)17-23(29(34)43)9-6-13-37-32(35)36/h2-3,7-8,11-12,15,19,23-25,28H,4-6,9-10,13-14,16-18H2,1H3,(H2,34,43)(H,38,44)(H,39,42)(H4,35,36,37)(H2,46,47,48)/t19?,23-,24+,25+,28+/m1/s1. The van der Waals surface area contributed by atoms with E-state index in [1.54, 1.807) is 0 Å². The summed E-state index contributed by atoms with van der Waals surface area (Å²) in [6.45, 7) is 1.50. The Bertz CT molecular complexity index is 1620. The van der Waals surface area contributed by atoms with Crippen molar-refractivity contribution in [1.29, 1.82) is 0 Å². The molecule has 1 aliphatic rings. The monoisotopic (exact) mass is 737 g/mol. The molecule has 3 rings (SSSR count). The molecule has 274 valence electrons. The van der Waals surface area contributed by atoms with Gasteiger partial charge in [-0.05, 0) is 61.8 Å². The number of guanidine groups is 1. The Morgan fingerprint density at radius 3 is 2.40 bits per heavy atom. The molecule has 18 heteroatoms.